The van der Waals surface area contributed by atoms with Crippen molar-refractivity contribution in [2.75, 3.05) is 13.6 Å². The summed E-state index contributed by atoms with van der Waals surface area (Å²) in [4.78, 5) is 23.0. The zero-order valence-electron chi connectivity index (χ0n) is 7.67. The molecule has 0 rings (SSSR count). The van der Waals surface area contributed by atoms with Crippen LogP contribution in [0.15, 0.2) is 0 Å². The molecule has 4 nitrogen and oxygen atoms in total. The lowest BCUT2D eigenvalue weighted by molar-refractivity contribution is -0.134. The van der Waals surface area contributed by atoms with Crippen molar-refractivity contribution in [1.82, 2.24) is 4.90 Å². The van der Waals surface area contributed by atoms with Crippen LogP contribution >= 0.6 is 0 Å². The first kappa shape index (κ1) is 10.9. The number of carbonyl (C=O) groups excluding carboxylic acids is 2. The van der Waals surface area contributed by atoms with Gasteiger partial charge >= 0.3 is 0 Å². The van der Waals surface area contributed by atoms with Crippen LogP contribution in [-0.2, 0) is 9.59 Å². The van der Waals surface area contributed by atoms with E-state index in [0.717, 1.165) is 12.8 Å². The molecule has 0 spiro atoms. The first-order valence-electron chi connectivity index (χ1n) is 4.10. The molecule has 0 aromatic heterocycles. The van der Waals surface area contributed by atoms with Gasteiger partial charge < -0.3 is 10.6 Å². The Morgan fingerprint density at radius 1 is 1.42 bits per heavy atom. The summed E-state index contributed by atoms with van der Waals surface area (Å²) in [7, 11) is 1.68. The minimum Gasteiger partial charge on any atom is -0.369 e. The second kappa shape index (κ2) is 5.57. The van der Waals surface area contributed by atoms with Gasteiger partial charge in [0.2, 0.25) is 11.8 Å². The van der Waals surface area contributed by atoms with Gasteiger partial charge in [0.25, 0.3) is 0 Å². The third-order valence-corrected chi connectivity index (χ3v) is 1.60. The van der Waals surface area contributed by atoms with E-state index in [4.69, 9.17) is 5.73 Å². The highest BCUT2D eigenvalue weighted by molar-refractivity contribution is 5.95. The molecule has 0 atom stereocenters. The highest BCUT2D eigenvalue weighted by Gasteiger charge is 2.10. The Bertz CT molecular complexity index is 168. The predicted octanol–water partition coefficient (Wildman–Crippen LogP) is 0.120. The molecule has 0 bridgehead atoms. The van der Waals surface area contributed by atoms with E-state index in [1.54, 1.807) is 7.05 Å². The van der Waals surface area contributed by atoms with Crippen molar-refractivity contribution in [1.29, 1.82) is 0 Å². The predicted molar refractivity (Wildman–Crippen MR) is 46.4 cm³/mol. The number of unbranched alkanes of at least 4 members (excludes halogenated alkanes) is 1. The van der Waals surface area contributed by atoms with Crippen LogP contribution in [0.3, 0.4) is 0 Å². The standard InChI is InChI=1S/C8H16N2O2/c1-3-4-5-10(2)8(12)6-7(9)11/h3-6H2,1-2H3,(H2,9,11). The third kappa shape index (κ3) is 4.71. The van der Waals surface area contributed by atoms with Crippen molar-refractivity contribution >= 4 is 11.8 Å². The summed E-state index contributed by atoms with van der Waals surface area (Å²) in [6.45, 7) is 2.75. The van der Waals surface area contributed by atoms with Gasteiger partial charge in [-0.2, -0.15) is 0 Å². The van der Waals surface area contributed by atoms with Crippen LogP contribution < -0.4 is 5.73 Å². The van der Waals surface area contributed by atoms with Crippen LogP contribution in [0.2, 0.25) is 0 Å². The molecule has 0 saturated carbocycles. The Hall–Kier alpha value is -1.06. The SMILES string of the molecule is CCCCN(C)C(=O)CC(N)=O. The van der Waals surface area contributed by atoms with Crippen LogP contribution in [0.5, 0.6) is 0 Å². The maximum atomic E-state index is 11.1. The molecule has 0 aliphatic heterocycles. The first-order chi connectivity index (χ1) is 5.57. The summed E-state index contributed by atoms with van der Waals surface area (Å²) < 4.78 is 0. The molecule has 0 heterocycles. The van der Waals surface area contributed by atoms with Gasteiger partial charge in [0.1, 0.15) is 6.42 Å². The fourth-order valence-corrected chi connectivity index (χ4v) is 0.804. The van der Waals surface area contributed by atoms with Crippen molar-refractivity contribution in [3.05, 3.63) is 0 Å². The van der Waals surface area contributed by atoms with Gasteiger partial charge in [-0.1, -0.05) is 13.3 Å². The van der Waals surface area contributed by atoms with E-state index in [0.29, 0.717) is 6.54 Å². The Balaban J connectivity index is 3.69. The number of amides is 2. The molecule has 4 heteroatoms. The second-order valence-electron chi connectivity index (χ2n) is 2.81. The normalized spacial score (nSPS) is 9.50. The maximum Gasteiger partial charge on any atom is 0.231 e. The maximum absolute atomic E-state index is 11.1. The molecule has 0 aromatic rings. The Morgan fingerprint density at radius 3 is 2.42 bits per heavy atom. The van der Waals surface area contributed by atoms with Crippen LogP contribution in [0.1, 0.15) is 26.2 Å². The summed E-state index contributed by atoms with van der Waals surface area (Å²) in [5.74, 6) is -0.765. The monoisotopic (exact) mass is 172 g/mol. The van der Waals surface area contributed by atoms with Crippen LogP contribution in [0.4, 0.5) is 0 Å². The van der Waals surface area contributed by atoms with Crippen LogP contribution in [0, 0.1) is 0 Å². The third-order valence-electron chi connectivity index (χ3n) is 1.60. The topological polar surface area (TPSA) is 63.4 Å². The average molecular weight is 172 g/mol. The summed E-state index contributed by atoms with van der Waals surface area (Å²) >= 11 is 0. The number of primary amides is 1. The van der Waals surface area contributed by atoms with Crippen molar-refractivity contribution in [2.24, 2.45) is 5.73 Å². The molecule has 0 radical (unpaired) electrons. The lowest BCUT2D eigenvalue weighted by atomic mass is 10.3. The first-order valence-corrected chi connectivity index (χ1v) is 4.10. The lowest BCUT2D eigenvalue weighted by Gasteiger charge is -2.15. The van der Waals surface area contributed by atoms with Gasteiger partial charge in [0.15, 0.2) is 0 Å². The lowest BCUT2D eigenvalue weighted by Crippen LogP contribution is -2.31. The van der Waals surface area contributed by atoms with E-state index < -0.39 is 5.91 Å². The van der Waals surface area contributed by atoms with Gasteiger partial charge in [-0.15, -0.1) is 0 Å². The second-order valence-corrected chi connectivity index (χ2v) is 2.81. The van der Waals surface area contributed by atoms with Gasteiger partial charge in [0, 0.05) is 13.6 Å². The van der Waals surface area contributed by atoms with E-state index in [2.05, 4.69) is 0 Å². The molecule has 0 aliphatic carbocycles. The average Bonchev–Trinajstić information content (AvgIpc) is 1.98. The summed E-state index contributed by atoms with van der Waals surface area (Å²) in [6, 6.07) is 0. The fourth-order valence-electron chi connectivity index (χ4n) is 0.804. The molecule has 2 amide bonds. The van der Waals surface area contributed by atoms with Crippen molar-refractivity contribution in [3.63, 3.8) is 0 Å². The van der Waals surface area contributed by atoms with E-state index in [-0.39, 0.29) is 12.3 Å². The number of rotatable bonds is 5. The van der Waals surface area contributed by atoms with E-state index >= 15 is 0 Å². The summed E-state index contributed by atoms with van der Waals surface area (Å²) in [5, 5.41) is 0. The molecule has 0 fully saturated rings. The number of carbonyl (C=O) groups is 2. The van der Waals surface area contributed by atoms with Crippen LogP contribution in [-0.4, -0.2) is 30.3 Å². The Morgan fingerprint density at radius 2 is 2.00 bits per heavy atom. The van der Waals surface area contributed by atoms with Crippen molar-refractivity contribution in [3.8, 4) is 0 Å². The molecule has 12 heavy (non-hydrogen) atoms. The number of hydrogen-bond acceptors (Lipinski definition) is 2. The van der Waals surface area contributed by atoms with Crippen molar-refractivity contribution in [2.45, 2.75) is 26.2 Å². The molecule has 70 valence electrons. The summed E-state index contributed by atoms with van der Waals surface area (Å²) in [5.41, 5.74) is 4.87. The van der Waals surface area contributed by atoms with E-state index in [9.17, 15) is 9.59 Å². The molecule has 0 aromatic carbocycles. The number of nitrogens with zero attached hydrogens (tertiary/aromatic N) is 1. The Labute approximate surface area is 72.7 Å². The van der Waals surface area contributed by atoms with Gasteiger partial charge in [-0.3, -0.25) is 9.59 Å². The molecule has 0 saturated heterocycles. The van der Waals surface area contributed by atoms with Gasteiger partial charge in [-0.05, 0) is 6.42 Å². The van der Waals surface area contributed by atoms with E-state index in [1.165, 1.54) is 4.90 Å². The largest absolute Gasteiger partial charge is 0.369 e. The molecular weight excluding hydrogens is 156 g/mol. The zero-order valence-corrected chi connectivity index (χ0v) is 7.67. The minimum absolute atomic E-state index is 0.180. The molecule has 2 N–H and O–H groups in total. The number of hydrogen-bond donors (Lipinski definition) is 1. The van der Waals surface area contributed by atoms with Crippen LogP contribution in [0.25, 0.3) is 0 Å². The minimum atomic E-state index is -0.566. The number of nitrogens with two attached hydrogens (primary N) is 1. The highest BCUT2D eigenvalue weighted by atomic mass is 16.2. The quantitative estimate of drug-likeness (QED) is 0.599. The smallest absolute Gasteiger partial charge is 0.231 e. The molecule has 0 unspecified atom stereocenters. The summed E-state index contributed by atoms with van der Waals surface area (Å²) in [6.07, 6.45) is 1.81. The molecule has 0 aliphatic rings. The van der Waals surface area contributed by atoms with Gasteiger partial charge in [0.05, 0.1) is 0 Å². The Kier molecular flexibility index (Phi) is 5.08. The van der Waals surface area contributed by atoms with E-state index in [1.807, 2.05) is 6.92 Å². The fraction of sp³-hybridized carbons (Fsp3) is 0.750. The van der Waals surface area contributed by atoms with Crippen molar-refractivity contribution < 1.29 is 9.59 Å². The highest BCUT2D eigenvalue weighted by Crippen LogP contribution is 1.94. The van der Waals surface area contributed by atoms with Gasteiger partial charge in [-0.25, -0.2) is 0 Å². The zero-order chi connectivity index (χ0) is 9.56. The molecular formula is C8H16N2O2.